The molecule has 1 atom stereocenters. The number of carbonyl (C=O) groups excluding carboxylic acids is 1. The number of hydrogen-bond acceptors (Lipinski definition) is 6. The van der Waals surface area contributed by atoms with Crippen LogP contribution in [-0.4, -0.2) is 30.6 Å². The van der Waals surface area contributed by atoms with Crippen molar-refractivity contribution >= 4 is 17.3 Å². The topological polar surface area (TPSA) is 96.5 Å². The van der Waals surface area contributed by atoms with Gasteiger partial charge in [0, 0.05) is 19.2 Å². The molecule has 0 N–H and O–H groups in total. The first-order chi connectivity index (χ1) is 10.5. The quantitative estimate of drug-likeness (QED) is 0.481. The van der Waals surface area contributed by atoms with Gasteiger partial charge in [0.25, 0.3) is 5.69 Å². The number of piperidine rings is 1. The van der Waals surface area contributed by atoms with Crippen molar-refractivity contribution in [2.75, 3.05) is 24.6 Å². The predicted molar refractivity (Wildman–Crippen MR) is 79.6 cm³/mol. The van der Waals surface area contributed by atoms with E-state index < -0.39 is 10.9 Å². The Balaban J connectivity index is 2.29. The first-order valence-corrected chi connectivity index (χ1v) is 7.10. The number of carbonyl (C=O) groups is 1. The van der Waals surface area contributed by atoms with Crippen molar-refractivity contribution in [3.05, 3.63) is 33.9 Å². The van der Waals surface area contributed by atoms with Gasteiger partial charge >= 0.3 is 5.97 Å². The van der Waals surface area contributed by atoms with E-state index in [-0.39, 0.29) is 17.9 Å². The van der Waals surface area contributed by atoms with Crippen molar-refractivity contribution in [1.82, 2.24) is 0 Å². The summed E-state index contributed by atoms with van der Waals surface area (Å²) in [6.45, 7) is 3.27. The van der Waals surface area contributed by atoms with E-state index in [1.807, 2.05) is 4.90 Å². The van der Waals surface area contributed by atoms with Gasteiger partial charge in [-0.2, -0.15) is 5.26 Å². The summed E-state index contributed by atoms with van der Waals surface area (Å²) in [6.07, 6.45) is 2.10. The summed E-state index contributed by atoms with van der Waals surface area (Å²) >= 11 is 0. The van der Waals surface area contributed by atoms with Gasteiger partial charge in [0.2, 0.25) is 0 Å². The van der Waals surface area contributed by atoms with Gasteiger partial charge in [0.1, 0.15) is 11.8 Å². The van der Waals surface area contributed by atoms with Gasteiger partial charge in [-0.05, 0) is 30.9 Å². The van der Waals surface area contributed by atoms with E-state index in [0.717, 1.165) is 25.9 Å². The monoisotopic (exact) mass is 303 g/mol. The zero-order valence-corrected chi connectivity index (χ0v) is 12.3. The Morgan fingerprint density at radius 3 is 3.00 bits per heavy atom. The lowest BCUT2D eigenvalue weighted by Gasteiger charge is -2.32. The summed E-state index contributed by atoms with van der Waals surface area (Å²) in [5.41, 5.74) is 0.490. The molecule has 22 heavy (non-hydrogen) atoms. The van der Waals surface area contributed by atoms with Gasteiger partial charge in [-0.1, -0.05) is 6.92 Å². The highest BCUT2D eigenvalue weighted by molar-refractivity contribution is 5.91. The molecule has 2 rings (SSSR count). The zero-order chi connectivity index (χ0) is 16.1. The van der Waals surface area contributed by atoms with Gasteiger partial charge in [-0.3, -0.25) is 10.1 Å². The van der Waals surface area contributed by atoms with Crippen LogP contribution in [0.1, 0.15) is 30.1 Å². The molecule has 0 spiro atoms. The number of esters is 1. The predicted octanol–water partition coefficient (Wildman–Crippen LogP) is 2.51. The fourth-order valence-corrected chi connectivity index (χ4v) is 2.65. The van der Waals surface area contributed by atoms with Crippen LogP contribution in [0.25, 0.3) is 0 Å². The number of nitriles is 1. The number of anilines is 1. The molecular weight excluding hydrogens is 286 g/mol. The minimum Gasteiger partial charge on any atom is -0.447 e. The molecule has 7 heteroatoms. The average Bonchev–Trinajstić information content (AvgIpc) is 2.52. The first-order valence-electron chi connectivity index (χ1n) is 7.10. The summed E-state index contributed by atoms with van der Waals surface area (Å²) in [6, 6.07) is 5.99. The Kier molecular flexibility index (Phi) is 4.94. The molecule has 1 aliphatic heterocycles. The van der Waals surface area contributed by atoms with Crippen molar-refractivity contribution in [2.45, 2.75) is 19.8 Å². The van der Waals surface area contributed by atoms with E-state index in [2.05, 4.69) is 11.7 Å². The summed E-state index contributed by atoms with van der Waals surface area (Å²) in [5, 5.41) is 19.7. The highest BCUT2D eigenvalue weighted by Gasteiger charge is 2.25. The molecule has 7 nitrogen and oxygen atoms in total. The molecular formula is C15H17N3O4. The molecule has 0 unspecified atom stereocenters. The second kappa shape index (κ2) is 6.89. The molecule has 1 saturated heterocycles. The molecule has 0 aliphatic carbocycles. The first kappa shape index (κ1) is 15.8. The van der Waals surface area contributed by atoms with Crippen LogP contribution < -0.4 is 4.90 Å². The van der Waals surface area contributed by atoms with Crippen LogP contribution in [0, 0.1) is 27.4 Å². The van der Waals surface area contributed by atoms with Crippen molar-refractivity contribution in [3.8, 4) is 6.07 Å². The van der Waals surface area contributed by atoms with E-state index in [9.17, 15) is 14.9 Å². The SMILES string of the molecule is C[C@@H]1CCCN(c2ccc(C(=O)OCC#N)cc2[N+](=O)[O-])C1. The van der Waals surface area contributed by atoms with Gasteiger partial charge < -0.3 is 9.64 Å². The van der Waals surface area contributed by atoms with E-state index in [1.54, 1.807) is 12.1 Å². The smallest absolute Gasteiger partial charge is 0.339 e. The maximum atomic E-state index is 11.7. The molecule has 0 radical (unpaired) electrons. The highest BCUT2D eigenvalue weighted by Crippen LogP contribution is 2.32. The van der Waals surface area contributed by atoms with Crippen LogP contribution in [-0.2, 0) is 4.74 Å². The molecule has 0 bridgehead atoms. The lowest BCUT2D eigenvalue weighted by molar-refractivity contribution is -0.384. The van der Waals surface area contributed by atoms with Crippen LogP contribution in [0.4, 0.5) is 11.4 Å². The second-order valence-electron chi connectivity index (χ2n) is 5.39. The number of nitro benzene ring substituents is 1. The van der Waals surface area contributed by atoms with Crippen LogP contribution in [0.15, 0.2) is 18.2 Å². The summed E-state index contributed by atoms with van der Waals surface area (Å²) < 4.78 is 4.68. The summed E-state index contributed by atoms with van der Waals surface area (Å²) in [5.74, 6) is -0.253. The van der Waals surface area contributed by atoms with Crippen LogP contribution in [0.3, 0.4) is 0 Å². The Morgan fingerprint density at radius 1 is 1.59 bits per heavy atom. The molecule has 116 valence electrons. The Labute approximate surface area is 128 Å². The van der Waals surface area contributed by atoms with Crippen molar-refractivity contribution in [3.63, 3.8) is 0 Å². The van der Waals surface area contributed by atoms with E-state index in [1.165, 1.54) is 12.1 Å². The molecule has 0 aromatic heterocycles. The Morgan fingerprint density at radius 2 is 2.36 bits per heavy atom. The molecule has 0 saturated carbocycles. The third-order valence-electron chi connectivity index (χ3n) is 3.67. The fraction of sp³-hybridized carbons (Fsp3) is 0.467. The lowest BCUT2D eigenvalue weighted by Crippen LogP contribution is -2.34. The lowest BCUT2D eigenvalue weighted by atomic mass is 9.99. The van der Waals surface area contributed by atoms with Gasteiger partial charge in [0.15, 0.2) is 6.61 Å². The Hall–Kier alpha value is -2.62. The number of ether oxygens (including phenoxy) is 1. The van der Waals surface area contributed by atoms with E-state index >= 15 is 0 Å². The fourth-order valence-electron chi connectivity index (χ4n) is 2.65. The van der Waals surface area contributed by atoms with Crippen molar-refractivity contribution in [2.24, 2.45) is 5.92 Å². The maximum Gasteiger partial charge on any atom is 0.339 e. The number of nitro groups is 1. The van der Waals surface area contributed by atoms with Gasteiger partial charge in [0.05, 0.1) is 10.5 Å². The number of nitrogens with zero attached hydrogens (tertiary/aromatic N) is 3. The average molecular weight is 303 g/mol. The number of hydrogen-bond donors (Lipinski definition) is 0. The standard InChI is InChI=1S/C15H17N3O4/c1-11-3-2-7-17(10-11)13-5-4-12(9-14(13)18(20)21)15(19)22-8-6-16/h4-5,9,11H,2-3,7-8,10H2,1H3/t11-/m1/s1. The summed E-state index contributed by atoms with van der Waals surface area (Å²) in [7, 11) is 0. The molecule has 1 aromatic carbocycles. The second-order valence-corrected chi connectivity index (χ2v) is 5.39. The third kappa shape index (κ3) is 3.52. The molecule has 1 aliphatic rings. The van der Waals surface area contributed by atoms with Crippen LogP contribution >= 0.6 is 0 Å². The normalized spacial score (nSPS) is 17.6. The van der Waals surface area contributed by atoms with Crippen LogP contribution in [0.5, 0.6) is 0 Å². The van der Waals surface area contributed by atoms with Crippen LogP contribution in [0.2, 0.25) is 0 Å². The van der Waals surface area contributed by atoms with Gasteiger partial charge in [-0.25, -0.2) is 4.79 Å². The molecule has 1 aromatic rings. The van der Waals surface area contributed by atoms with Gasteiger partial charge in [-0.15, -0.1) is 0 Å². The maximum absolute atomic E-state index is 11.7. The minimum atomic E-state index is -0.733. The largest absolute Gasteiger partial charge is 0.447 e. The Bertz CT molecular complexity index is 624. The number of benzene rings is 1. The summed E-state index contributed by atoms with van der Waals surface area (Å²) in [4.78, 5) is 24.5. The zero-order valence-electron chi connectivity index (χ0n) is 12.3. The van der Waals surface area contributed by atoms with Crippen molar-refractivity contribution < 1.29 is 14.5 Å². The minimum absolute atomic E-state index is 0.0794. The molecule has 1 fully saturated rings. The molecule has 0 amide bonds. The number of rotatable bonds is 4. The third-order valence-corrected chi connectivity index (χ3v) is 3.67. The van der Waals surface area contributed by atoms with Crippen molar-refractivity contribution in [1.29, 1.82) is 5.26 Å². The highest BCUT2D eigenvalue weighted by atomic mass is 16.6. The molecule has 1 heterocycles. The van der Waals surface area contributed by atoms with E-state index in [0.29, 0.717) is 11.6 Å². The van der Waals surface area contributed by atoms with E-state index in [4.69, 9.17) is 5.26 Å².